The number of nitrogens with zero attached hydrogens (tertiary/aromatic N) is 2. The monoisotopic (exact) mass is 254 g/mol. The zero-order chi connectivity index (χ0) is 9.97. The molecule has 0 spiro atoms. The fourth-order valence-corrected chi connectivity index (χ4v) is 1.80. The molecule has 14 heavy (non-hydrogen) atoms. The van der Waals surface area contributed by atoms with E-state index in [9.17, 15) is 0 Å². The minimum atomic E-state index is 0.710. The summed E-state index contributed by atoms with van der Waals surface area (Å²) in [5, 5.41) is 0. The summed E-state index contributed by atoms with van der Waals surface area (Å²) in [6.07, 6.45) is 4.87. The van der Waals surface area contributed by atoms with Gasteiger partial charge in [0.25, 0.3) is 0 Å². The number of fused-ring (bicyclic) bond motifs is 1. The first-order valence-electron chi connectivity index (χ1n) is 4.42. The minimum absolute atomic E-state index is 0.710. The van der Waals surface area contributed by atoms with Gasteiger partial charge >= 0.3 is 0 Å². The Hall–Kier alpha value is -0.870. The number of ether oxygens (including phenoxy) is 1. The number of rotatable bonds is 3. The lowest BCUT2D eigenvalue weighted by Crippen LogP contribution is -1.93. The van der Waals surface area contributed by atoms with Crippen LogP contribution in [0.4, 0.5) is 0 Å². The van der Waals surface area contributed by atoms with Crippen molar-refractivity contribution in [2.75, 3.05) is 13.7 Å². The maximum atomic E-state index is 5.01. The van der Waals surface area contributed by atoms with Crippen LogP contribution in [0.3, 0.4) is 0 Å². The Labute approximate surface area is 90.8 Å². The Morgan fingerprint density at radius 2 is 2.43 bits per heavy atom. The highest BCUT2D eigenvalue weighted by Gasteiger charge is 2.03. The molecular formula is C10H11BrN2O. The van der Waals surface area contributed by atoms with Crippen LogP contribution in [0.25, 0.3) is 5.65 Å². The molecule has 2 heterocycles. The largest absolute Gasteiger partial charge is 0.384 e. The van der Waals surface area contributed by atoms with E-state index in [1.54, 1.807) is 7.11 Å². The fraction of sp³-hybridized carbons (Fsp3) is 0.300. The second-order valence-corrected chi connectivity index (χ2v) is 3.92. The highest BCUT2D eigenvalue weighted by Crippen LogP contribution is 2.16. The number of imidazole rings is 1. The van der Waals surface area contributed by atoms with Crippen molar-refractivity contribution in [1.82, 2.24) is 9.38 Å². The second-order valence-electron chi connectivity index (χ2n) is 3.06. The summed E-state index contributed by atoms with van der Waals surface area (Å²) in [6.45, 7) is 0.710. The number of methoxy groups -OCH3 is 1. The van der Waals surface area contributed by atoms with E-state index in [0.717, 1.165) is 22.2 Å². The van der Waals surface area contributed by atoms with E-state index >= 15 is 0 Å². The molecule has 3 nitrogen and oxygen atoms in total. The Balaban J connectivity index is 2.36. The highest BCUT2D eigenvalue weighted by atomic mass is 79.9. The van der Waals surface area contributed by atoms with E-state index in [-0.39, 0.29) is 0 Å². The molecule has 0 radical (unpaired) electrons. The van der Waals surface area contributed by atoms with E-state index in [1.165, 1.54) is 0 Å². The maximum Gasteiger partial charge on any atom is 0.151 e. The molecule has 0 unspecified atom stereocenters. The van der Waals surface area contributed by atoms with Gasteiger partial charge < -0.3 is 9.14 Å². The molecule has 0 atom stereocenters. The van der Waals surface area contributed by atoms with Crippen molar-refractivity contribution < 1.29 is 4.74 Å². The second kappa shape index (κ2) is 4.11. The maximum absolute atomic E-state index is 5.01. The van der Waals surface area contributed by atoms with E-state index in [0.29, 0.717) is 6.61 Å². The van der Waals surface area contributed by atoms with Crippen molar-refractivity contribution in [3.63, 3.8) is 0 Å². The number of hydrogen-bond donors (Lipinski definition) is 0. The zero-order valence-corrected chi connectivity index (χ0v) is 9.49. The van der Waals surface area contributed by atoms with Gasteiger partial charge in [-0.3, -0.25) is 0 Å². The molecule has 0 saturated heterocycles. The molecule has 0 aliphatic heterocycles. The molecule has 0 bridgehead atoms. The topological polar surface area (TPSA) is 26.5 Å². The number of pyridine rings is 1. The van der Waals surface area contributed by atoms with Gasteiger partial charge in [-0.1, -0.05) is 0 Å². The predicted molar refractivity (Wildman–Crippen MR) is 58.5 cm³/mol. The molecule has 2 aromatic heterocycles. The molecule has 4 heteroatoms. The molecular weight excluding hydrogens is 244 g/mol. The SMILES string of the molecule is COCCc1cn2cccc(Br)c2n1. The summed E-state index contributed by atoms with van der Waals surface area (Å²) in [5.41, 5.74) is 2.01. The fourth-order valence-electron chi connectivity index (χ4n) is 1.36. The van der Waals surface area contributed by atoms with Crippen molar-refractivity contribution >= 4 is 21.6 Å². The highest BCUT2D eigenvalue weighted by molar-refractivity contribution is 9.10. The Morgan fingerprint density at radius 1 is 1.57 bits per heavy atom. The summed E-state index contributed by atoms with van der Waals surface area (Å²) in [6, 6.07) is 3.97. The quantitative estimate of drug-likeness (QED) is 0.841. The van der Waals surface area contributed by atoms with Gasteiger partial charge in [0.05, 0.1) is 16.8 Å². The summed E-state index contributed by atoms with van der Waals surface area (Å²) >= 11 is 3.46. The van der Waals surface area contributed by atoms with Crippen LogP contribution in [-0.2, 0) is 11.2 Å². The first-order chi connectivity index (χ1) is 6.81. The van der Waals surface area contributed by atoms with Crippen LogP contribution < -0.4 is 0 Å². The van der Waals surface area contributed by atoms with Gasteiger partial charge in [-0.05, 0) is 28.1 Å². The van der Waals surface area contributed by atoms with E-state index in [1.807, 2.05) is 28.9 Å². The van der Waals surface area contributed by atoms with Crippen molar-refractivity contribution in [1.29, 1.82) is 0 Å². The van der Waals surface area contributed by atoms with E-state index < -0.39 is 0 Å². The van der Waals surface area contributed by atoms with Crippen molar-refractivity contribution in [3.05, 3.63) is 34.7 Å². The third-order valence-corrected chi connectivity index (χ3v) is 2.67. The average Bonchev–Trinajstić information content (AvgIpc) is 2.59. The van der Waals surface area contributed by atoms with Gasteiger partial charge in [0.2, 0.25) is 0 Å². The van der Waals surface area contributed by atoms with Gasteiger partial charge in [0, 0.05) is 25.9 Å². The third kappa shape index (κ3) is 1.81. The lowest BCUT2D eigenvalue weighted by molar-refractivity contribution is 0.201. The van der Waals surface area contributed by atoms with Crippen molar-refractivity contribution in [2.24, 2.45) is 0 Å². The van der Waals surface area contributed by atoms with Crippen LogP contribution >= 0.6 is 15.9 Å². The molecule has 0 saturated carbocycles. The Bertz CT molecular complexity index is 439. The normalized spacial score (nSPS) is 11.0. The predicted octanol–water partition coefficient (Wildman–Crippen LogP) is 2.29. The Morgan fingerprint density at radius 3 is 3.14 bits per heavy atom. The molecule has 0 aliphatic rings. The third-order valence-electron chi connectivity index (χ3n) is 2.05. The molecule has 0 N–H and O–H groups in total. The zero-order valence-electron chi connectivity index (χ0n) is 7.90. The summed E-state index contributed by atoms with van der Waals surface area (Å²) < 4.78 is 8.04. The van der Waals surface area contributed by atoms with Crippen LogP contribution in [0.2, 0.25) is 0 Å². The molecule has 74 valence electrons. The van der Waals surface area contributed by atoms with Crippen LogP contribution in [-0.4, -0.2) is 23.1 Å². The van der Waals surface area contributed by atoms with E-state index in [2.05, 4.69) is 20.9 Å². The molecule has 2 rings (SSSR count). The number of aromatic nitrogens is 2. The number of halogens is 1. The first-order valence-corrected chi connectivity index (χ1v) is 5.21. The lowest BCUT2D eigenvalue weighted by atomic mass is 10.3. The van der Waals surface area contributed by atoms with Gasteiger partial charge in [0.15, 0.2) is 5.65 Å². The Kier molecular flexibility index (Phi) is 2.84. The van der Waals surface area contributed by atoms with E-state index in [4.69, 9.17) is 4.74 Å². The van der Waals surface area contributed by atoms with Gasteiger partial charge in [-0.25, -0.2) is 4.98 Å². The lowest BCUT2D eigenvalue weighted by Gasteiger charge is -1.92. The van der Waals surface area contributed by atoms with Gasteiger partial charge in [-0.2, -0.15) is 0 Å². The minimum Gasteiger partial charge on any atom is -0.384 e. The van der Waals surface area contributed by atoms with Crippen LogP contribution in [0, 0.1) is 0 Å². The van der Waals surface area contributed by atoms with Crippen molar-refractivity contribution in [2.45, 2.75) is 6.42 Å². The summed E-state index contributed by atoms with van der Waals surface area (Å²) in [4.78, 5) is 4.49. The summed E-state index contributed by atoms with van der Waals surface area (Å²) in [7, 11) is 1.70. The number of hydrogen-bond acceptors (Lipinski definition) is 2. The average molecular weight is 255 g/mol. The van der Waals surface area contributed by atoms with Crippen molar-refractivity contribution in [3.8, 4) is 0 Å². The van der Waals surface area contributed by atoms with Crippen LogP contribution in [0.5, 0.6) is 0 Å². The standard InChI is InChI=1S/C10H11BrN2O/c1-14-6-4-8-7-13-5-2-3-9(11)10(13)12-8/h2-3,5,7H,4,6H2,1H3. The van der Waals surface area contributed by atoms with Crippen LogP contribution in [0.1, 0.15) is 5.69 Å². The molecule has 0 amide bonds. The first kappa shape index (κ1) is 9.68. The molecule has 0 aromatic carbocycles. The summed E-state index contributed by atoms with van der Waals surface area (Å²) in [5.74, 6) is 0. The smallest absolute Gasteiger partial charge is 0.151 e. The van der Waals surface area contributed by atoms with Gasteiger partial charge in [0.1, 0.15) is 0 Å². The molecule has 0 fully saturated rings. The van der Waals surface area contributed by atoms with Crippen LogP contribution in [0.15, 0.2) is 29.0 Å². The molecule has 2 aromatic rings. The molecule has 0 aliphatic carbocycles. The van der Waals surface area contributed by atoms with Gasteiger partial charge in [-0.15, -0.1) is 0 Å².